The van der Waals surface area contributed by atoms with Gasteiger partial charge in [0.25, 0.3) is 0 Å². The van der Waals surface area contributed by atoms with Crippen LogP contribution in [-0.4, -0.2) is 25.8 Å². The molecule has 0 unspecified atom stereocenters. The summed E-state index contributed by atoms with van der Waals surface area (Å²) in [6.07, 6.45) is 0. The van der Waals surface area contributed by atoms with Crippen molar-refractivity contribution in [1.82, 2.24) is 0 Å². The van der Waals surface area contributed by atoms with Gasteiger partial charge in [-0.2, -0.15) is 0 Å². The van der Waals surface area contributed by atoms with E-state index >= 15 is 0 Å². The van der Waals surface area contributed by atoms with Crippen molar-refractivity contribution in [3.63, 3.8) is 0 Å². The van der Waals surface area contributed by atoms with Crippen LogP contribution in [0.2, 0.25) is 0 Å². The van der Waals surface area contributed by atoms with Crippen LogP contribution in [0.25, 0.3) is 0 Å². The number of rotatable bonds is 4. The van der Waals surface area contributed by atoms with E-state index in [1.807, 2.05) is 0 Å². The van der Waals surface area contributed by atoms with Gasteiger partial charge in [0, 0.05) is 17.1 Å². The number of carbonyl (C=O) groups excluding carboxylic acids is 1. The molecule has 0 atom stereocenters. The Morgan fingerprint density at radius 3 is 2.69 bits per heavy atom. The Hall–Kier alpha value is -1.56. The van der Waals surface area contributed by atoms with E-state index in [0.29, 0.717) is 11.4 Å². The lowest BCUT2D eigenvalue weighted by molar-refractivity contribution is -0.113. The maximum atomic E-state index is 11.4. The van der Waals surface area contributed by atoms with Gasteiger partial charge in [0.1, 0.15) is 5.75 Å². The summed E-state index contributed by atoms with van der Waals surface area (Å²) in [6, 6.07) is 6.57. The molecule has 88 valence electrons. The minimum Gasteiger partial charge on any atom is -0.399 e. The van der Waals surface area contributed by atoms with Gasteiger partial charge in [-0.3, -0.25) is 4.79 Å². The fourth-order valence-corrected chi connectivity index (χ4v) is 1.79. The van der Waals surface area contributed by atoms with Crippen LogP contribution in [0.15, 0.2) is 24.3 Å². The SMILES string of the molecule is CCS(=O)(=O)CC(=O)Nc1cccc(N)c1. The van der Waals surface area contributed by atoms with Gasteiger partial charge in [-0.05, 0) is 18.2 Å². The number of anilines is 2. The highest BCUT2D eigenvalue weighted by molar-refractivity contribution is 7.92. The predicted octanol–water partition coefficient (Wildman–Crippen LogP) is 0.642. The van der Waals surface area contributed by atoms with Crippen molar-refractivity contribution in [3.8, 4) is 0 Å². The fraction of sp³-hybridized carbons (Fsp3) is 0.300. The van der Waals surface area contributed by atoms with E-state index in [-0.39, 0.29) is 5.75 Å². The average molecular weight is 242 g/mol. The van der Waals surface area contributed by atoms with E-state index in [1.165, 1.54) is 6.92 Å². The highest BCUT2D eigenvalue weighted by Gasteiger charge is 2.14. The molecular formula is C10H14N2O3S. The zero-order valence-electron chi connectivity index (χ0n) is 8.93. The van der Waals surface area contributed by atoms with Crippen molar-refractivity contribution in [1.29, 1.82) is 0 Å². The zero-order valence-corrected chi connectivity index (χ0v) is 9.75. The second kappa shape index (κ2) is 4.98. The molecule has 0 spiro atoms. The molecule has 1 rings (SSSR count). The topological polar surface area (TPSA) is 89.3 Å². The second-order valence-electron chi connectivity index (χ2n) is 3.35. The number of nitrogens with two attached hydrogens (primary N) is 1. The molecule has 0 aliphatic heterocycles. The van der Waals surface area contributed by atoms with E-state index in [0.717, 1.165) is 0 Å². The van der Waals surface area contributed by atoms with Crippen LogP contribution in [0.1, 0.15) is 6.92 Å². The van der Waals surface area contributed by atoms with Crippen molar-refractivity contribution < 1.29 is 13.2 Å². The van der Waals surface area contributed by atoms with Gasteiger partial charge in [-0.15, -0.1) is 0 Å². The maximum Gasteiger partial charge on any atom is 0.239 e. The molecule has 0 fully saturated rings. The molecule has 0 aliphatic rings. The van der Waals surface area contributed by atoms with Crippen molar-refractivity contribution in [2.75, 3.05) is 22.6 Å². The van der Waals surface area contributed by atoms with E-state index in [1.54, 1.807) is 24.3 Å². The van der Waals surface area contributed by atoms with Crippen LogP contribution < -0.4 is 11.1 Å². The minimum absolute atomic E-state index is 0.0443. The first-order chi connectivity index (χ1) is 7.43. The molecule has 1 aromatic carbocycles. The molecule has 0 aliphatic carbocycles. The Kier molecular flexibility index (Phi) is 3.89. The van der Waals surface area contributed by atoms with E-state index in [9.17, 15) is 13.2 Å². The monoisotopic (exact) mass is 242 g/mol. The summed E-state index contributed by atoms with van der Waals surface area (Å²) in [6.45, 7) is 1.50. The predicted molar refractivity (Wildman–Crippen MR) is 63.8 cm³/mol. The van der Waals surface area contributed by atoms with Crippen LogP contribution in [0.5, 0.6) is 0 Å². The van der Waals surface area contributed by atoms with Gasteiger partial charge >= 0.3 is 0 Å². The molecule has 1 aromatic rings. The summed E-state index contributed by atoms with van der Waals surface area (Å²) in [5.74, 6) is -1.09. The third-order valence-electron chi connectivity index (χ3n) is 1.96. The van der Waals surface area contributed by atoms with Gasteiger partial charge in [0.2, 0.25) is 5.91 Å². The molecule has 0 saturated carbocycles. The minimum atomic E-state index is -3.29. The number of benzene rings is 1. The number of amides is 1. The zero-order chi connectivity index (χ0) is 12.2. The first-order valence-corrected chi connectivity index (χ1v) is 6.61. The number of nitrogens with one attached hydrogen (secondary N) is 1. The maximum absolute atomic E-state index is 11.4. The normalized spacial score (nSPS) is 11.1. The lowest BCUT2D eigenvalue weighted by Gasteiger charge is -2.05. The lowest BCUT2D eigenvalue weighted by Crippen LogP contribution is -2.23. The quantitative estimate of drug-likeness (QED) is 0.758. The van der Waals surface area contributed by atoms with Gasteiger partial charge in [-0.25, -0.2) is 8.42 Å². The Morgan fingerprint density at radius 1 is 1.44 bits per heavy atom. The third kappa shape index (κ3) is 3.90. The Balaban J connectivity index is 2.66. The van der Waals surface area contributed by atoms with Crippen molar-refractivity contribution in [2.24, 2.45) is 0 Å². The summed E-state index contributed by atoms with van der Waals surface area (Å²) >= 11 is 0. The Morgan fingerprint density at radius 2 is 2.12 bits per heavy atom. The van der Waals surface area contributed by atoms with Crippen LogP contribution in [0.3, 0.4) is 0 Å². The first-order valence-electron chi connectivity index (χ1n) is 4.79. The molecule has 0 heterocycles. The summed E-state index contributed by atoms with van der Waals surface area (Å²) in [4.78, 5) is 11.4. The molecule has 5 nitrogen and oxygen atoms in total. The molecule has 1 amide bonds. The van der Waals surface area contributed by atoms with Gasteiger partial charge in [0.15, 0.2) is 9.84 Å². The van der Waals surface area contributed by atoms with Crippen molar-refractivity contribution in [3.05, 3.63) is 24.3 Å². The van der Waals surface area contributed by atoms with Gasteiger partial charge in [0.05, 0.1) is 0 Å². The summed E-state index contributed by atoms with van der Waals surface area (Å²) in [5.41, 5.74) is 6.53. The molecule has 0 aromatic heterocycles. The molecule has 0 bridgehead atoms. The third-order valence-corrected chi connectivity index (χ3v) is 3.54. The number of nitrogen functional groups attached to an aromatic ring is 1. The van der Waals surface area contributed by atoms with Crippen LogP contribution >= 0.6 is 0 Å². The molecule has 3 N–H and O–H groups in total. The van der Waals surface area contributed by atoms with Crippen molar-refractivity contribution in [2.45, 2.75) is 6.92 Å². The fourth-order valence-electron chi connectivity index (χ4n) is 1.12. The summed E-state index contributed by atoms with van der Waals surface area (Å²) < 4.78 is 22.4. The van der Waals surface area contributed by atoms with E-state index in [4.69, 9.17) is 5.73 Å². The smallest absolute Gasteiger partial charge is 0.239 e. The highest BCUT2D eigenvalue weighted by atomic mass is 32.2. The van der Waals surface area contributed by atoms with Crippen LogP contribution in [0, 0.1) is 0 Å². The summed E-state index contributed by atoms with van der Waals surface area (Å²) in [7, 11) is -3.29. The van der Waals surface area contributed by atoms with Gasteiger partial charge < -0.3 is 11.1 Å². The van der Waals surface area contributed by atoms with Crippen molar-refractivity contribution >= 4 is 27.1 Å². The first kappa shape index (κ1) is 12.5. The second-order valence-corrected chi connectivity index (χ2v) is 5.70. The van der Waals surface area contributed by atoms with Crippen LogP contribution in [-0.2, 0) is 14.6 Å². The van der Waals surface area contributed by atoms with E-state index < -0.39 is 21.5 Å². The number of carbonyl (C=O) groups is 1. The average Bonchev–Trinajstić information content (AvgIpc) is 2.16. The molecule has 0 saturated heterocycles. The molecule has 6 heteroatoms. The van der Waals surface area contributed by atoms with Gasteiger partial charge in [-0.1, -0.05) is 13.0 Å². The van der Waals surface area contributed by atoms with E-state index in [2.05, 4.69) is 5.32 Å². The molecular weight excluding hydrogens is 228 g/mol. The largest absolute Gasteiger partial charge is 0.399 e. The van der Waals surface area contributed by atoms with Crippen LogP contribution in [0.4, 0.5) is 11.4 Å². The standard InChI is InChI=1S/C10H14N2O3S/c1-2-16(14,15)7-10(13)12-9-5-3-4-8(11)6-9/h3-6H,2,7,11H2,1H3,(H,12,13). The lowest BCUT2D eigenvalue weighted by atomic mass is 10.3. The molecule has 0 radical (unpaired) electrons. The number of hydrogen-bond donors (Lipinski definition) is 2. The Bertz CT molecular complexity index is 483. The number of sulfone groups is 1. The summed E-state index contributed by atoms with van der Waals surface area (Å²) in [5, 5.41) is 2.48. The Labute approximate surface area is 94.6 Å². The number of hydrogen-bond acceptors (Lipinski definition) is 4. The molecule has 16 heavy (non-hydrogen) atoms. The highest BCUT2D eigenvalue weighted by Crippen LogP contribution is 2.11.